The summed E-state index contributed by atoms with van der Waals surface area (Å²) in [6.45, 7) is 1.21. The first-order chi connectivity index (χ1) is 17.4. The van der Waals surface area contributed by atoms with Gasteiger partial charge in [-0.15, -0.1) is 11.3 Å². The molecule has 36 heavy (non-hydrogen) atoms. The summed E-state index contributed by atoms with van der Waals surface area (Å²) in [7, 11) is 1.53. The van der Waals surface area contributed by atoms with Crippen molar-refractivity contribution in [2.45, 2.75) is 13.1 Å². The summed E-state index contributed by atoms with van der Waals surface area (Å²) >= 11 is 14.0. The van der Waals surface area contributed by atoms with Gasteiger partial charge in [-0.2, -0.15) is 0 Å². The van der Waals surface area contributed by atoms with E-state index in [4.69, 9.17) is 37.4 Å². The average molecular weight is 550 g/mol. The Morgan fingerprint density at radius 2 is 1.81 bits per heavy atom. The Labute approximate surface area is 223 Å². The van der Waals surface area contributed by atoms with Gasteiger partial charge in [-0.1, -0.05) is 41.4 Å². The fourth-order valence-corrected chi connectivity index (χ4v) is 4.81. The summed E-state index contributed by atoms with van der Waals surface area (Å²) in [6, 6.07) is 13.9. The molecule has 8 nitrogen and oxygen atoms in total. The van der Waals surface area contributed by atoms with E-state index in [0.717, 1.165) is 10.4 Å². The van der Waals surface area contributed by atoms with E-state index in [1.807, 2.05) is 35.7 Å². The number of ether oxygens (including phenoxy) is 3. The minimum absolute atomic E-state index is 0.160. The minimum Gasteiger partial charge on any atom is -0.454 e. The third-order valence-electron chi connectivity index (χ3n) is 5.46. The van der Waals surface area contributed by atoms with Crippen LogP contribution in [0.2, 0.25) is 10.0 Å². The second kappa shape index (κ2) is 12.3. The van der Waals surface area contributed by atoms with Crippen molar-refractivity contribution in [1.29, 1.82) is 0 Å². The molecular weight excluding hydrogens is 525 g/mol. The number of carbonyl (C=O) groups is 2. The second-order valence-electron chi connectivity index (χ2n) is 7.96. The molecule has 0 unspecified atom stereocenters. The molecule has 3 aromatic rings. The number of hydrogen-bond donors (Lipinski definition) is 1. The molecule has 2 heterocycles. The highest BCUT2D eigenvalue weighted by atomic mass is 35.5. The van der Waals surface area contributed by atoms with E-state index >= 15 is 0 Å². The maximum Gasteiger partial charge on any atom is 0.322 e. The Hall–Kier alpha value is -2.98. The first-order valence-corrected chi connectivity index (χ1v) is 12.8. The first kappa shape index (κ1) is 26.1. The number of methoxy groups -OCH3 is 1. The molecule has 2 aromatic carbocycles. The van der Waals surface area contributed by atoms with Gasteiger partial charge in [-0.05, 0) is 41.3 Å². The summed E-state index contributed by atoms with van der Waals surface area (Å²) in [5, 5.41) is 5.29. The van der Waals surface area contributed by atoms with E-state index < -0.39 is 6.03 Å². The van der Waals surface area contributed by atoms with E-state index in [9.17, 15) is 9.59 Å². The van der Waals surface area contributed by atoms with Gasteiger partial charge < -0.3 is 29.3 Å². The van der Waals surface area contributed by atoms with Gasteiger partial charge in [0, 0.05) is 25.1 Å². The molecule has 0 spiro atoms. The Balaban J connectivity index is 1.51. The van der Waals surface area contributed by atoms with Crippen LogP contribution in [0.3, 0.4) is 0 Å². The number of nitrogens with one attached hydrogen (secondary N) is 1. The molecule has 1 aromatic heterocycles. The summed E-state index contributed by atoms with van der Waals surface area (Å²) in [6.07, 6.45) is 0. The van der Waals surface area contributed by atoms with E-state index in [1.54, 1.807) is 34.4 Å². The standard InChI is InChI=1S/C25H25Cl2N3O5S/c1-33-10-9-29(25(32)28-24-19(26)5-2-6-20(24)27)15-23(31)30(14-18-4-3-11-36-18)13-17-7-8-21-22(12-17)35-16-34-21/h2-8,11-12H,9-10,13-16H2,1H3,(H,28,32). The zero-order chi connectivity index (χ0) is 25.5. The van der Waals surface area contributed by atoms with Crippen LogP contribution in [-0.2, 0) is 22.6 Å². The molecule has 0 aliphatic carbocycles. The molecule has 0 fully saturated rings. The van der Waals surface area contributed by atoms with Crippen LogP contribution < -0.4 is 14.8 Å². The van der Waals surface area contributed by atoms with Crippen molar-refractivity contribution >= 4 is 52.2 Å². The van der Waals surface area contributed by atoms with Gasteiger partial charge in [0.25, 0.3) is 0 Å². The van der Waals surface area contributed by atoms with Crippen molar-refractivity contribution in [2.75, 3.05) is 38.9 Å². The van der Waals surface area contributed by atoms with Crippen molar-refractivity contribution in [3.8, 4) is 11.5 Å². The van der Waals surface area contributed by atoms with Crippen LogP contribution in [-0.4, -0.2) is 55.3 Å². The van der Waals surface area contributed by atoms with Gasteiger partial charge in [0.05, 0.1) is 28.9 Å². The lowest BCUT2D eigenvalue weighted by atomic mass is 10.2. The number of urea groups is 1. The van der Waals surface area contributed by atoms with Crippen LogP contribution in [0.25, 0.3) is 0 Å². The maximum absolute atomic E-state index is 13.5. The predicted octanol–water partition coefficient (Wildman–Crippen LogP) is 5.49. The van der Waals surface area contributed by atoms with Crippen molar-refractivity contribution in [2.24, 2.45) is 0 Å². The fraction of sp³-hybridized carbons (Fsp3) is 0.280. The normalized spacial score (nSPS) is 11.9. The molecule has 1 N–H and O–H groups in total. The number of hydrogen-bond acceptors (Lipinski definition) is 6. The van der Waals surface area contributed by atoms with Crippen LogP contribution in [0.5, 0.6) is 11.5 Å². The molecule has 0 atom stereocenters. The van der Waals surface area contributed by atoms with Crippen molar-refractivity contribution in [3.63, 3.8) is 0 Å². The van der Waals surface area contributed by atoms with Gasteiger partial charge in [0.2, 0.25) is 12.7 Å². The zero-order valence-corrected chi connectivity index (χ0v) is 21.9. The topological polar surface area (TPSA) is 80.3 Å². The number of fused-ring (bicyclic) bond motifs is 1. The lowest BCUT2D eigenvalue weighted by molar-refractivity contribution is -0.133. The molecule has 0 radical (unpaired) electrons. The first-order valence-electron chi connectivity index (χ1n) is 11.1. The molecule has 0 saturated carbocycles. The van der Waals surface area contributed by atoms with Crippen LogP contribution in [0.1, 0.15) is 10.4 Å². The summed E-state index contributed by atoms with van der Waals surface area (Å²) in [5.74, 6) is 1.10. The minimum atomic E-state index is -0.505. The molecule has 4 rings (SSSR count). The quantitative estimate of drug-likeness (QED) is 0.361. The third kappa shape index (κ3) is 6.61. The molecule has 1 aliphatic heterocycles. The highest BCUT2D eigenvalue weighted by molar-refractivity contribution is 7.09. The van der Waals surface area contributed by atoms with Crippen molar-refractivity contribution in [3.05, 3.63) is 74.4 Å². The summed E-state index contributed by atoms with van der Waals surface area (Å²) < 4.78 is 16.0. The number of amides is 3. The van der Waals surface area contributed by atoms with Gasteiger partial charge in [0.15, 0.2) is 11.5 Å². The number of anilines is 1. The van der Waals surface area contributed by atoms with Gasteiger partial charge in [-0.3, -0.25) is 4.79 Å². The number of benzene rings is 2. The fourth-order valence-electron chi connectivity index (χ4n) is 3.60. The molecule has 0 bridgehead atoms. The van der Waals surface area contributed by atoms with Gasteiger partial charge >= 0.3 is 6.03 Å². The SMILES string of the molecule is COCCN(CC(=O)N(Cc1ccc2c(c1)OCO2)Cc1cccs1)C(=O)Nc1c(Cl)cccc1Cl. The predicted molar refractivity (Wildman–Crippen MR) is 140 cm³/mol. The molecule has 190 valence electrons. The number of halogens is 2. The summed E-state index contributed by atoms with van der Waals surface area (Å²) in [5.41, 5.74) is 1.18. The number of nitrogens with zero attached hydrogens (tertiary/aromatic N) is 2. The Morgan fingerprint density at radius 1 is 1.03 bits per heavy atom. The molecular formula is C25H25Cl2N3O5S. The monoisotopic (exact) mass is 549 g/mol. The largest absolute Gasteiger partial charge is 0.454 e. The average Bonchev–Trinajstić information content (AvgIpc) is 3.55. The van der Waals surface area contributed by atoms with E-state index in [0.29, 0.717) is 34.6 Å². The number of para-hydroxylation sites is 1. The van der Waals surface area contributed by atoms with Gasteiger partial charge in [0.1, 0.15) is 6.54 Å². The molecule has 0 saturated heterocycles. The third-order valence-corrected chi connectivity index (χ3v) is 6.95. The second-order valence-corrected chi connectivity index (χ2v) is 9.80. The van der Waals surface area contributed by atoms with Crippen LogP contribution in [0.4, 0.5) is 10.5 Å². The van der Waals surface area contributed by atoms with Crippen LogP contribution in [0.15, 0.2) is 53.9 Å². The molecule has 11 heteroatoms. The van der Waals surface area contributed by atoms with Crippen molar-refractivity contribution < 1.29 is 23.8 Å². The number of thiophene rings is 1. The van der Waals surface area contributed by atoms with E-state index in [2.05, 4.69) is 5.32 Å². The highest BCUT2D eigenvalue weighted by Crippen LogP contribution is 2.33. The maximum atomic E-state index is 13.5. The van der Waals surface area contributed by atoms with E-state index in [1.165, 1.54) is 12.0 Å². The molecule has 3 amide bonds. The lowest BCUT2D eigenvalue weighted by Gasteiger charge is -2.28. The highest BCUT2D eigenvalue weighted by Gasteiger charge is 2.24. The Bertz CT molecular complexity index is 1190. The smallest absolute Gasteiger partial charge is 0.322 e. The zero-order valence-electron chi connectivity index (χ0n) is 19.5. The Kier molecular flexibility index (Phi) is 8.93. The van der Waals surface area contributed by atoms with E-state index in [-0.39, 0.29) is 38.1 Å². The van der Waals surface area contributed by atoms with Gasteiger partial charge in [-0.25, -0.2) is 4.79 Å². The number of rotatable bonds is 10. The summed E-state index contributed by atoms with van der Waals surface area (Å²) in [4.78, 5) is 30.8. The van der Waals surface area contributed by atoms with Crippen LogP contribution in [0, 0.1) is 0 Å². The Morgan fingerprint density at radius 3 is 2.53 bits per heavy atom. The molecule has 1 aliphatic rings. The van der Waals surface area contributed by atoms with Crippen LogP contribution >= 0.6 is 34.5 Å². The number of carbonyl (C=O) groups excluding carboxylic acids is 2. The van der Waals surface area contributed by atoms with Crippen molar-refractivity contribution in [1.82, 2.24) is 9.80 Å². The lowest BCUT2D eigenvalue weighted by Crippen LogP contribution is -2.45.